The fourth-order valence-corrected chi connectivity index (χ4v) is 3.29. The Hall–Kier alpha value is -2.34. The molecule has 1 aliphatic heterocycles. The Morgan fingerprint density at radius 1 is 1.27 bits per heavy atom. The van der Waals surface area contributed by atoms with E-state index in [9.17, 15) is 4.79 Å². The average molecular weight is 356 g/mol. The molecule has 1 amide bonds. The number of carbonyl (C=O) groups excluding carboxylic acids is 1. The molecular formula is C20H28N4O2. The number of rotatable bonds is 7. The van der Waals surface area contributed by atoms with Gasteiger partial charge in [-0.15, -0.1) is 0 Å². The predicted molar refractivity (Wildman–Crippen MR) is 101 cm³/mol. The third kappa shape index (κ3) is 4.25. The maximum Gasteiger partial charge on any atom is 0.271 e. The van der Waals surface area contributed by atoms with E-state index < -0.39 is 0 Å². The molecule has 2 heterocycles. The number of amides is 1. The van der Waals surface area contributed by atoms with Gasteiger partial charge < -0.3 is 14.6 Å². The van der Waals surface area contributed by atoms with Crippen LogP contribution in [0.5, 0.6) is 5.75 Å². The second-order valence-electron chi connectivity index (χ2n) is 6.71. The summed E-state index contributed by atoms with van der Waals surface area (Å²) in [6.45, 7) is 10.6. The van der Waals surface area contributed by atoms with Crippen LogP contribution in [0, 0.1) is 0 Å². The van der Waals surface area contributed by atoms with Gasteiger partial charge in [-0.05, 0) is 44.5 Å². The lowest BCUT2D eigenvalue weighted by Gasteiger charge is -2.26. The third-order valence-electron chi connectivity index (χ3n) is 4.69. The van der Waals surface area contributed by atoms with Crippen LogP contribution >= 0.6 is 0 Å². The summed E-state index contributed by atoms with van der Waals surface area (Å²) in [5, 5.41) is 3.04. The lowest BCUT2D eigenvalue weighted by Crippen LogP contribution is -2.34. The molecule has 2 aromatic rings. The Balaban J connectivity index is 1.63. The molecule has 1 atom stereocenters. The lowest BCUT2D eigenvalue weighted by molar-refractivity contribution is 0.0935. The molecule has 1 unspecified atom stereocenters. The second kappa shape index (κ2) is 8.36. The fourth-order valence-electron chi connectivity index (χ4n) is 3.29. The SMILES string of the molecule is CCCN1CCn2cc(C(=O)NC(C)c3ccc(OCC)cc3)nc2C1. The summed E-state index contributed by atoms with van der Waals surface area (Å²) in [4.78, 5) is 19.5. The molecule has 0 saturated carbocycles. The van der Waals surface area contributed by atoms with E-state index in [1.54, 1.807) is 0 Å². The standard InChI is InChI=1S/C20H28N4O2/c1-4-10-23-11-12-24-13-18(22-19(24)14-23)20(25)21-15(3)16-6-8-17(9-7-16)26-5-2/h6-9,13,15H,4-5,10-12,14H2,1-3H3,(H,21,25). The van der Waals surface area contributed by atoms with E-state index >= 15 is 0 Å². The van der Waals surface area contributed by atoms with Crippen molar-refractivity contribution in [3.63, 3.8) is 0 Å². The second-order valence-corrected chi connectivity index (χ2v) is 6.71. The third-order valence-corrected chi connectivity index (χ3v) is 4.69. The quantitative estimate of drug-likeness (QED) is 0.828. The normalized spacial score (nSPS) is 15.3. The molecule has 1 N–H and O–H groups in total. The Labute approximate surface area is 155 Å². The number of nitrogens with one attached hydrogen (secondary N) is 1. The highest BCUT2D eigenvalue weighted by Gasteiger charge is 2.21. The fraction of sp³-hybridized carbons (Fsp3) is 0.500. The van der Waals surface area contributed by atoms with E-state index in [4.69, 9.17) is 4.74 Å². The molecule has 0 aliphatic carbocycles. The van der Waals surface area contributed by atoms with Crippen LogP contribution in [0.2, 0.25) is 0 Å². The highest BCUT2D eigenvalue weighted by Crippen LogP contribution is 2.19. The number of hydrogen-bond donors (Lipinski definition) is 1. The van der Waals surface area contributed by atoms with Gasteiger partial charge in [-0.2, -0.15) is 0 Å². The molecule has 0 fully saturated rings. The molecule has 1 aliphatic rings. The van der Waals surface area contributed by atoms with Crippen molar-refractivity contribution < 1.29 is 9.53 Å². The zero-order valence-electron chi connectivity index (χ0n) is 15.9. The Morgan fingerprint density at radius 3 is 2.73 bits per heavy atom. The minimum atomic E-state index is -0.129. The summed E-state index contributed by atoms with van der Waals surface area (Å²) in [6, 6.07) is 7.74. The summed E-state index contributed by atoms with van der Waals surface area (Å²) >= 11 is 0. The van der Waals surface area contributed by atoms with Crippen LogP contribution in [0.4, 0.5) is 0 Å². The Kier molecular flexibility index (Phi) is 5.93. The van der Waals surface area contributed by atoms with E-state index in [2.05, 4.69) is 26.7 Å². The van der Waals surface area contributed by atoms with Crippen molar-refractivity contribution in [3.05, 3.63) is 47.5 Å². The van der Waals surface area contributed by atoms with E-state index in [1.807, 2.05) is 44.3 Å². The number of aromatic nitrogens is 2. The van der Waals surface area contributed by atoms with Gasteiger partial charge in [0.2, 0.25) is 0 Å². The van der Waals surface area contributed by atoms with Crippen LogP contribution in [0.25, 0.3) is 0 Å². The van der Waals surface area contributed by atoms with E-state index in [0.717, 1.165) is 49.7 Å². The van der Waals surface area contributed by atoms with Crippen molar-refractivity contribution >= 4 is 5.91 Å². The van der Waals surface area contributed by atoms with Crippen molar-refractivity contribution in [2.24, 2.45) is 0 Å². The highest BCUT2D eigenvalue weighted by molar-refractivity contribution is 5.92. The molecule has 140 valence electrons. The zero-order valence-corrected chi connectivity index (χ0v) is 15.9. The van der Waals surface area contributed by atoms with Gasteiger partial charge >= 0.3 is 0 Å². The largest absolute Gasteiger partial charge is 0.494 e. The van der Waals surface area contributed by atoms with Crippen molar-refractivity contribution in [1.29, 1.82) is 0 Å². The molecule has 1 aromatic heterocycles. The van der Waals surface area contributed by atoms with Crippen molar-refractivity contribution in [2.45, 2.75) is 46.3 Å². The van der Waals surface area contributed by atoms with E-state index in [1.165, 1.54) is 0 Å². The molecule has 6 heteroatoms. The monoisotopic (exact) mass is 356 g/mol. The first-order valence-corrected chi connectivity index (χ1v) is 9.42. The van der Waals surface area contributed by atoms with Crippen molar-refractivity contribution in [3.8, 4) is 5.75 Å². The molecule has 6 nitrogen and oxygen atoms in total. The molecule has 0 radical (unpaired) electrons. The number of hydrogen-bond acceptors (Lipinski definition) is 4. The van der Waals surface area contributed by atoms with Crippen molar-refractivity contribution in [1.82, 2.24) is 19.8 Å². The minimum Gasteiger partial charge on any atom is -0.494 e. The first-order valence-electron chi connectivity index (χ1n) is 9.42. The maximum absolute atomic E-state index is 12.6. The summed E-state index contributed by atoms with van der Waals surface area (Å²) in [5.74, 6) is 1.69. The summed E-state index contributed by atoms with van der Waals surface area (Å²) in [5.41, 5.74) is 1.54. The van der Waals surface area contributed by atoms with Crippen LogP contribution in [-0.2, 0) is 13.1 Å². The van der Waals surface area contributed by atoms with Gasteiger partial charge in [0.25, 0.3) is 5.91 Å². The van der Waals surface area contributed by atoms with Crippen LogP contribution in [0.15, 0.2) is 30.5 Å². The first-order chi connectivity index (χ1) is 12.6. The molecule has 1 aromatic carbocycles. The predicted octanol–water partition coefficient (Wildman–Crippen LogP) is 3.00. The molecule has 0 saturated heterocycles. The highest BCUT2D eigenvalue weighted by atomic mass is 16.5. The summed E-state index contributed by atoms with van der Waals surface area (Å²) in [6.07, 6.45) is 3.01. The van der Waals surface area contributed by atoms with Gasteiger partial charge in [0.05, 0.1) is 19.2 Å². The van der Waals surface area contributed by atoms with E-state index in [-0.39, 0.29) is 11.9 Å². The molecule has 0 spiro atoms. The van der Waals surface area contributed by atoms with Crippen LogP contribution in [0.1, 0.15) is 55.1 Å². The van der Waals surface area contributed by atoms with Crippen LogP contribution in [0.3, 0.4) is 0 Å². The van der Waals surface area contributed by atoms with Gasteiger partial charge in [-0.3, -0.25) is 9.69 Å². The van der Waals surface area contributed by atoms with Gasteiger partial charge in [-0.25, -0.2) is 4.98 Å². The average Bonchev–Trinajstić information content (AvgIpc) is 3.06. The van der Waals surface area contributed by atoms with Crippen LogP contribution in [-0.4, -0.2) is 40.1 Å². The molecule has 3 rings (SSSR count). The Bertz CT molecular complexity index is 739. The van der Waals surface area contributed by atoms with Crippen molar-refractivity contribution in [2.75, 3.05) is 19.7 Å². The number of benzene rings is 1. The Morgan fingerprint density at radius 2 is 2.04 bits per heavy atom. The molecule has 0 bridgehead atoms. The van der Waals surface area contributed by atoms with E-state index in [0.29, 0.717) is 12.3 Å². The minimum absolute atomic E-state index is 0.0894. The van der Waals surface area contributed by atoms with Gasteiger partial charge in [0.15, 0.2) is 0 Å². The first kappa shape index (κ1) is 18.5. The van der Waals surface area contributed by atoms with Gasteiger partial charge in [-0.1, -0.05) is 19.1 Å². The molecular weight excluding hydrogens is 328 g/mol. The lowest BCUT2D eigenvalue weighted by atomic mass is 10.1. The maximum atomic E-state index is 12.6. The van der Waals surface area contributed by atoms with Gasteiger partial charge in [0, 0.05) is 19.3 Å². The number of fused-ring (bicyclic) bond motifs is 1. The topological polar surface area (TPSA) is 59.4 Å². The number of nitrogens with zero attached hydrogens (tertiary/aromatic N) is 3. The zero-order chi connectivity index (χ0) is 18.5. The van der Waals surface area contributed by atoms with Gasteiger partial charge in [0.1, 0.15) is 17.3 Å². The molecule has 26 heavy (non-hydrogen) atoms. The smallest absolute Gasteiger partial charge is 0.271 e. The number of carbonyl (C=O) groups is 1. The number of imidazole rings is 1. The summed E-state index contributed by atoms with van der Waals surface area (Å²) < 4.78 is 7.56. The summed E-state index contributed by atoms with van der Waals surface area (Å²) in [7, 11) is 0. The number of ether oxygens (including phenoxy) is 1. The van der Waals surface area contributed by atoms with Crippen LogP contribution < -0.4 is 10.1 Å².